The third-order valence-electron chi connectivity index (χ3n) is 3.35. The van der Waals surface area contributed by atoms with Crippen LogP contribution < -0.4 is 15.9 Å². The van der Waals surface area contributed by atoms with E-state index in [9.17, 15) is 17.6 Å². The number of benzene rings is 3. The summed E-state index contributed by atoms with van der Waals surface area (Å²) in [6, 6.07) is 18.4. The van der Waals surface area contributed by atoms with Gasteiger partial charge in [-0.15, -0.1) is 0 Å². The van der Waals surface area contributed by atoms with E-state index in [2.05, 4.69) is 0 Å². The zero-order valence-electron chi connectivity index (χ0n) is 11.8. The van der Waals surface area contributed by atoms with Crippen molar-refractivity contribution in [3.05, 3.63) is 90.0 Å². The minimum Gasteiger partial charge on any atom is -0.204 e. The number of rotatable bonds is 3. The van der Waals surface area contributed by atoms with Gasteiger partial charge < -0.3 is 0 Å². The maximum Gasteiger partial charge on any atom is 0.198 e. The molecule has 0 aromatic heterocycles. The maximum absolute atomic E-state index is 14.3. The molecule has 0 bridgehead atoms. The molecule has 0 spiro atoms. The van der Waals surface area contributed by atoms with Crippen LogP contribution in [-0.4, -0.2) is 0 Å². The highest BCUT2D eigenvalue weighted by atomic mass is 31.1. The van der Waals surface area contributed by atoms with E-state index in [1.807, 2.05) is 0 Å². The van der Waals surface area contributed by atoms with Crippen LogP contribution in [0.1, 0.15) is 0 Å². The summed E-state index contributed by atoms with van der Waals surface area (Å²) in [5.41, 5.74) is 0. The second-order valence-electron chi connectivity index (χ2n) is 4.83. The lowest BCUT2D eigenvalue weighted by Crippen LogP contribution is -2.25. The first-order valence-corrected chi connectivity index (χ1v) is 8.17. The predicted octanol–water partition coefficient (Wildman–Crippen LogP) is 4.00. The van der Waals surface area contributed by atoms with Gasteiger partial charge in [0.05, 0.1) is 0 Å². The normalized spacial score (nSPS) is 11.0. The van der Waals surface area contributed by atoms with Gasteiger partial charge in [-0.3, -0.25) is 0 Å². The van der Waals surface area contributed by atoms with Crippen molar-refractivity contribution in [1.82, 2.24) is 0 Å². The molecule has 23 heavy (non-hydrogen) atoms. The fourth-order valence-corrected chi connectivity index (χ4v) is 4.64. The largest absolute Gasteiger partial charge is 0.204 e. The van der Waals surface area contributed by atoms with Crippen LogP contribution in [0.15, 0.2) is 66.7 Å². The molecule has 0 N–H and O–H groups in total. The van der Waals surface area contributed by atoms with Gasteiger partial charge in [-0.1, -0.05) is 60.7 Å². The first-order valence-electron chi connectivity index (χ1n) is 6.83. The Morgan fingerprint density at radius 3 is 1.52 bits per heavy atom. The third kappa shape index (κ3) is 2.99. The minimum atomic E-state index is -1.79. The van der Waals surface area contributed by atoms with Gasteiger partial charge in [0.15, 0.2) is 23.3 Å². The van der Waals surface area contributed by atoms with Crippen molar-refractivity contribution in [1.29, 1.82) is 0 Å². The summed E-state index contributed by atoms with van der Waals surface area (Å²) in [6.07, 6.45) is 0. The monoisotopic (exact) mass is 334 g/mol. The molecule has 0 amide bonds. The molecule has 0 aliphatic carbocycles. The first-order chi connectivity index (χ1) is 11.1. The summed E-state index contributed by atoms with van der Waals surface area (Å²) in [5.74, 6) is -6.30. The Bertz CT molecular complexity index is 780. The summed E-state index contributed by atoms with van der Waals surface area (Å²) in [6.45, 7) is 0. The predicted molar refractivity (Wildman–Crippen MR) is 85.0 cm³/mol. The van der Waals surface area contributed by atoms with Crippen LogP contribution in [0.25, 0.3) is 0 Å². The lowest BCUT2D eigenvalue weighted by molar-refractivity contribution is 0.412. The molecule has 0 nitrogen and oxygen atoms in total. The van der Waals surface area contributed by atoms with E-state index in [4.69, 9.17) is 0 Å². The third-order valence-corrected chi connectivity index (χ3v) is 5.79. The Balaban J connectivity index is 2.26. The quantitative estimate of drug-likeness (QED) is 0.294. The summed E-state index contributed by atoms with van der Waals surface area (Å²) < 4.78 is 54.9. The Hall–Kier alpha value is -2.19. The van der Waals surface area contributed by atoms with E-state index in [0.717, 1.165) is 16.7 Å². The van der Waals surface area contributed by atoms with E-state index in [0.29, 0.717) is 0 Å². The SMILES string of the molecule is Fc1cc(P(c2ccccc2)c2ccccc2)c(F)c(F)c1F. The molecule has 3 rings (SSSR count). The fraction of sp³-hybridized carbons (Fsp3) is 0. The maximum atomic E-state index is 14.3. The fourth-order valence-electron chi connectivity index (χ4n) is 2.30. The average molecular weight is 334 g/mol. The number of hydrogen-bond donors (Lipinski definition) is 0. The van der Waals surface area contributed by atoms with Gasteiger partial charge in [-0.2, -0.15) is 0 Å². The first kappa shape index (κ1) is 15.7. The minimum absolute atomic E-state index is 0.172. The van der Waals surface area contributed by atoms with Gasteiger partial charge in [-0.25, -0.2) is 17.6 Å². The van der Waals surface area contributed by atoms with Crippen molar-refractivity contribution in [2.75, 3.05) is 0 Å². The van der Waals surface area contributed by atoms with Gasteiger partial charge in [0.1, 0.15) is 0 Å². The Morgan fingerprint density at radius 2 is 1.04 bits per heavy atom. The van der Waals surface area contributed by atoms with Gasteiger partial charge in [0.25, 0.3) is 0 Å². The highest BCUT2D eigenvalue weighted by Gasteiger charge is 2.26. The molecule has 0 atom stereocenters. The van der Waals surface area contributed by atoms with Crippen LogP contribution in [0.5, 0.6) is 0 Å². The van der Waals surface area contributed by atoms with Crippen LogP contribution in [0.2, 0.25) is 0 Å². The van der Waals surface area contributed by atoms with Crippen LogP contribution >= 0.6 is 7.92 Å². The van der Waals surface area contributed by atoms with Crippen molar-refractivity contribution in [2.45, 2.75) is 0 Å². The highest BCUT2D eigenvalue weighted by molar-refractivity contribution is 7.79. The molecule has 0 radical (unpaired) electrons. The van der Waals surface area contributed by atoms with E-state index >= 15 is 0 Å². The van der Waals surface area contributed by atoms with E-state index in [1.165, 1.54) is 0 Å². The molecule has 0 saturated heterocycles. The van der Waals surface area contributed by atoms with Crippen LogP contribution in [0, 0.1) is 23.3 Å². The van der Waals surface area contributed by atoms with Crippen molar-refractivity contribution < 1.29 is 17.6 Å². The van der Waals surface area contributed by atoms with Gasteiger partial charge in [0, 0.05) is 5.30 Å². The summed E-state index contributed by atoms with van der Waals surface area (Å²) in [4.78, 5) is 0. The van der Waals surface area contributed by atoms with Crippen molar-refractivity contribution in [2.24, 2.45) is 0 Å². The molecule has 0 unspecified atom stereocenters. The highest BCUT2D eigenvalue weighted by Crippen LogP contribution is 2.35. The molecule has 3 aromatic carbocycles. The smallest absolute Gasteiger partial charge is 0.198 e. The van der Waals surface area contributed by atoms with E-state index in [-0.39, 0.29) is 5.30 Å². The number of halogens is 4. The average Bonchev–Trinajstić information content (AvgIpc) is 2.60. The lowest BCUT2D eigenvalue weighted by atomic mass is 10.3. The summed E-state index contributed by atoms with van der Waals surface area (Å²) >= 11 is 0. The zero-order chi connectivity index (χ0) is 16.4. The van der Waals surface area contributed by atoms with Crippen molar-refractivity contribution >= 4 is 23.8 Å². The molecule has 0 aliphatic heterocycles. The Kier molecular flexibility index (Phi) is 4.44. The number of hydrogen-bond acceptors (Lipinski definition) is 0. The molecular formula is C18H11F4P. The van der Waals surface area contributed by atoms with Gasteiger partial charge in [0.2, 0.25) is 0 Å². The van der Waals surface area contributed by atoms with Crippen LogP contribution in [-0.2, 0) is 0 Å². The molecule has 5 heteroatoms. The standard InChI is InChI=1S/C18H11F4P/c19-14-11-15(17(21)18(22)16(14)20)23(12-7-3-1-4-8-12)13-9-5-2-6-10-13/h1-11H. The summed E-state index contributed by atoms with van der Waals surface area (Å²) in [5, 5.41) is 1.27. The van der Waals surface area contributed by atoms with E-state index in [1.54, 1.807) is 60.7 Å². The Labute approximate surface area is 132 Å². The molecule has 3 aromatic rings. The molecule has 0 heterocycles. The molecular weight excluding hydrogens is 323 g/mol. The van der Waals surface area contributed by atoms with Crippen LogP contribution in [0.3, 0.4) is 0 Å². The van der Waals surface area contributed by atoms with Gasteiger partial charge >= 0.3 is 0 Å². The van der Waals surface area contributed by atoms with Gasteiger partial charge in [-0.05, 0) is 24.6 Å². The molecule has 116 valence electrons. The molecule has 0 aliphatic rings. The second kappa shape index (κ2) is 6.51. The topological polar surface area (TPSA) is 0 Å². The Morgan fingerprint density at radius 1 is 0.565 bits per heavy atom. The zero-order valence-corrected chi connectivity index (χ0v) is 12.7. The lowest BCUT2D eigenvalue weighted by Gasteiger charge is -2.20. The van der Waals surface area contributed by atoms with Crippen molar-refractivity contribution in [3.8, 4) is 0 Å². The van der Waals surface area contributed by atoms with Crippen LogP contribution in [0.4, 0.5) is 17.6 Å². The second-order valence-corrected chi connectivity index (χ2v) is 7.01. The molecule has 0 fully saturated rings. The molecule has 0 saturated carbocycles. The summed E-state index contributed by atoms with van der Waals surface area (Å²) in [7, 11) is -1.53. The van der Waals surface area contributed by atoms with E-state index < -0.39 is 31.2 Å². The van der Waals surface area contributed by atoms with Crippen molar-refractivity contribution in [3.63, 3.8) is 0 Å².